The van der Waals surface area contributed by atoms with Gasteiger partial charge in [-0.15, -0.1) is 11.3 Å². The molecule has 2 rings (SSSR count). The van der Waals surface area contributed by atoms with Crippen LogP contribution in [0.3, 0.4) is 0 Å². The summed E-state index contributed by atoms with van der Waals surface area (Å²) in [6, 6.07) is 11.3. The minimum Gasteiger partial charge on any atom is -0.478 e. The van der Waals surface area contributed by atoms with Crippen molar-refractivity contribution in [3.05, 3.63) is 57.8 Å². The molecule has 0 fully saturated rings. The van der Waals surface area contributed by atoms with E-state index in [0.717, 1.165) is 25.1 Å². The molecule has 0 aliphatic heterocycles. The van der Waals surface area contributed by atoms with Crippen LogP contribution in [-0.2, 0) is 13.0 Å². The second kappa shape index (κ2) is 6.50. The lowest BCUT2D eigenvalue weighted by atomic mass is 10.1. The van der Waals surface area contributed by atoms with Gasteiger partial charge in [-0.2, -0.15) is 0 Å². The van der Waals surface area contributed by atoms with Crippen LogP contribution in [0.15, 0.2) is 41.8 Å². The molecule has 1 aromatic heterocycles. The molecule has 2 aromatic rings. The number of carbonyl (C=O) groups is 1. The Morgan fingerprint density at radius 1 is 1.26 bits per heavy atom. The molecule has 1 N–H and O–H groups in total. The molecule has 0 saturated carbocycles. The zero-order valence-corrected chi connectivity index (χ0v) is 11.7. The Balaban J connectivity index is 1.84. The Labute approximate surface area is 117 Å². The van der Waals surface area contributed by atoms with Crippen molar-refractivity contribution in [2.45, 2.75) is 13.0 Å². The van der Waals surface area contributed by atoms with Crippen molar-refractivity contribution in [2.75, 3.05) is 13.6 Å². The van der Waals surface area contributed by atoms with Crippen LogP contribution in [0.5, 0.6) is 0 Å². The van der Waals surface area contributed by atoms with E-state index in [2.05, 4.69) is 29.5 Å². The normalized spacial score (nSPS) is 10.8. The molecule has 0 radical (unpaired) electrons. The summed E-state index contributed by atoms with van der Waals surface area (Å²) in [5.41, 5.74) is 1.48. The number of carboxylic acid groups (broad SMARTS) is 1. The zero-order valence-electron chi connectivity index (χ0n) is 10.9. The van der Waals surface area contributed by atoms with E-state index < -0.39 is 5.97 Å². The van der Waals surface area contributed by atoms with Gasteiger partial charge in [0.1, 0.15) is 0 Å². The van der Waals surface area contributed by atoms with Crippen LogP contribution in [0.25, 0.3) is 0 Å². The number of likely N-dealkylation sites (N-methyl/N-ethyl adjacent to an activating group) is 1. The summed E-state index contributed by atoms with van der Waals surface area (Å²) in [6.07, 6.45) is 1.06. The second-order valence-corrected chi connectivity index (χ2v) is 5.60. The van der Waals surface area contributed by atoms with Crippen molar-refractivity contribution in [1.82, 2.24) is 4.90 Å². The van der Waals surface area contributed by atoms with Gasteiger partial charge >= 0.3 is 5.97 Å². The van der Waals surface area contributed by atoms with Crippen LogP contribution in [0.1, 0.15) is 20.8 Å². The van der Waals surface area contributed by atoms with Crippen LogP contribution in [0.4, 0.5) is 0 Å². The summed E-state index contributed by atoms with van der Waals surface area (Å²) in [5.74, 6) is -0.877. The maximum atomic E-state index is 10.8. The molecule has 0 atom stereocenters. The van der Waals surface area contributed by atoms with E-state index in [1.807, 2.05) is 12.1 Å². The second-order valence-electron chi connectivity index (χ2n) is 4.57. The van der Waals surface area contributed by atoms with E-state index in [4.69, 9.17) is 5.11 Å². The van der Waals surface area contributed by atoms with Crippen LogP contribution >= 0.6 is 11.3 Å². The molecular formula is C15H17NO2S. The smallest absolute Gasteiger partial charge is 0.335 e. The number of hydrogen-bond acceptors (Lipinski definition) is 3. The number of rotatable bonds is 6. The van der Waals surface area contributed by atoms with Gasteiger partial charge in [-0.1, -0.05) is 18.2 Å². The topological polar surface area (TPSA) is 40.5 Å². The highest BCUT2D eigenvalue weighted by Crippen LogP contribution is 2.11. The van der Waals surface area contributed by atoms with Crippen molar-refractivity contribution in [3.8, 4) is 0 Å². The summed E-state index contributed by atoms with van der Waals surface area (Å²) in [7, 11) is 2.08. The summed E-state index contributed by atoms with van der Waals surface area (Å²) >= 11 is 1.78. The lowest BCUT2D eigenvalue weighted by molar-refractivity contribution is 0.0697. The molecule has 1 heterocycles. The summed E-state index contributed by atoms with van der Waals surface area (Å²) in [5, 5.41) is 10.9. The average Bonchev–Trinajstić information content (AvgIpc) is 2.90. The molecule has 4 heteroatoms. The Hall–Kier alpha value is -1.65. The van der Waals surface area contributed by atoms with Gasteiger partial charge < -0.3 is 10.0 Å². The third-order valence-electron chi connectivity index (χ3n) is 2.97. The summed E-state index contributed by atoms with van der Waals surface area (Å²) < 4.78 is 0. The molecule has 0 spiro atoms. The molecule has 0 bridgehead atoms. The number of hydrogen-bond donors (Lipinski definition) is 1. The first-order valence-electron chi connectivity index (χ1n) is 6.18. The van der Waals surface area contributed by atoms with Crippen LogP contribution in [0.2, 0.25) is 0 Å². The van der Waals surface area contributed by atoms with E-state index in [9.17, 15) is 4.79 Å². The SMILES string of the molecule is CN(CCc1cccs1)Cc1ccc(C(=O)O)cc1. The molecule has 0 saturated heterocycles. The standard InChI is InChI=1S/C15H17NO2S/c1-16(9-8-14-3-2-10-19-14)11-12-4-6-13(7-5-12)15(17)18/h2-7,10H,8-9,11H2,1H3,(H,17,18). The average molecular weight is 275 g/mol. The Morgan fingerprint density at radius 2 is 2.00 bits per heavy atom. The highest BCUT2D eigenvalue weighted by atomic mass is 32.1. The van der Waals surface area contributed by atoms with Gasteiger partial charge in [0.15, 0.2) is 0 Å². The number of aromatic carboxylic acids is 1. The van der Waals surface area contributed by atoms with Crippen molar-refractivity contribution >= 4 is 17.3 Å². The molecule has 19 heavy (non-hydrogen) atoms. The number of thiophene rings is 1. The van der Waals surface area contributed by atoms with Crippen molar-refractivity contribution in [2.24, 2.45) is 0 Å². The molecule has 0 amide bonds. The van der Waals surface area contributed by atoms with Crippen LogP contribution < -0.4 is 0 Å². The summed E-state index contributed by atoms with van der Waals surface area (Å²) in [6.45, 7) is 1.84. The van der Waals surface area contributed by atoms with Crippen molar-refractivity contribution in [3.63, 3.8) is 0 Å². The fourth-order valence-electron chi connectivity index (χ4n) is 1.90. The Bertz CT molecular complexity index is 520. The Morgan fingerprint density at radius 3 is 2.58 bits per heavy atom. The van der Waals surface area contributed by atoms with Gasteiger partial charge in [-0.05, 0) is 42.6 Å². The maximum Gasteiger partial charge on any atom is 0.335 e. The molecule has 0 unspecified atom stereocenters. The number of benzene rings is 1. The third-order valence-corrected chi connectivity index (χ3v) is 3.91. The van der Waals surface area contributed by atoms with E-state index in [1.165, 1.54) is 4.88 Å². The van der Waals surface area contributed by atoms with Gasteiger partial charge in [-0.3, -0.25) is 0 Å². The third kappa shape index (κ3) is 4.19. The van der Waals surface area contributed by atoms with E-state index >= 15 is 0 Å². The number of carboxylic acids is 1. The molecule has 0 aliphatic rings. The minimum atomic E-state index is -0.877. The monoisotopic (exact) mass is 275 g/mol. The van der Waals surface area contributed by atoms with Crippen molar-refractivity contribution in [1.29, 1.82) is 0 Å². The van der Waals surface area contributed by atoms with E-state index in [-0.39, 0.29) is 0 Å². The zero-order chi connectivity index (χ0) is 13.7. The van der Waals surface area contributed by atoms with Crippen LogP contribution in [-0.4, -0.2) is 29.6 Å². The minimum absolute atomic E-state index is 0.338. The van der Waals surface area contributed by atoms with Gasteiger partial charge in [-0.25, -0.2) is 4.79 Å². The molecule has 100 valence electrons. The van der Waals surface area contributed by atoms with Gasteiger partial charge in [0, 0.05) is 18.0 Å². The van der Waals surface area contributed by atoms with Crippen molar-refractivity contribution < 1.29 is 9.90 Å². The lowest BCUT2D eigenvalue weighted by Gasteiger charge is -2.16. The fourth-order valence-corrected chi connectivity index (χ4v) is 2.60. The quantitative estimate of drug-likeness (QED) is 0.880. The maximum absolute atomic E-state index is 10.8. The first-order valence-corrected chi connectivity index (χ1v) is 7.06. The van der Waals surface area contributed by atoms with Gasteiger partial charge in [0.05, 0.1) is 5.56 Å². The lowest BCUT2D eigenvalue weighted by Crippen LogP contribution is -2.20. The fraction of sp³-hybridized carbons (Fsp3) is 0.267. The largest absolute Gasteiger partial charge is 0.478 e. The van der Waals surface area contributed by atoms with E-state index in [1.54, 1.807) is 23.5 Å². The van der Waals surface area contributed by atoms with E-state index in [0.29, 0.717) is 5.56 Å². The van der Waals surface area contributed by atoms with Gasteiger partial charge in [0.2, 0.25) is 0 Å². The van der Waals surface area contributed by atoms with Gasteiger partial charge in [0.25, 0.3) is 0 Å². The molecular weight excluding hydrogens is 258 g/mol. The number of nitrogens with zero attached hydrogens (tertiary/aromatic N) is 1. The highest BCUT2D eigenvalue weighted by molar-refractivity contribution is 7.09. The first kappa shape index (κ1) is 13.8. The van der Waals surface area contributed by atoms with Crippen LogP contribution in [0, 0.1) is 0 Å². The molecule has 1 aromatic carbocycles. The molecule has 0 aliphatic carbocycles. The molecule has 3 nitrogen and oxygen atoms in total. The predicted octanol–water partition coefficient (Wildman–Crippen LogP) is 3.12. The highest BCUT2D eigenvalue weighted by Gasteiger charge is 2.04. The summed E-state index contributed by atoms with van der Waals surface area (Å²) in [4.78, 5) is 14.4. The predicted molar refractivity (Wildman–Crippen MR) is 77.8 cm³/mol. The Kier molecular flexibility index (Phi) is 4.71. The first-order chi connectivity index (χ1) is 9.15.